The molecule has 0 aliphatic heterocycles. The molecule has 0 aromatic heterocycles. The molecular formula is C15H26N3O5S+. The van der Waals surface area contributed by atoms with Crippen LogP contribution in [0.15, 0.2) is 0 Å². The second-order valence-electron chi connectivity index (χ2n) is 4.53. The molecule has 24 heavy (non-hydrogen) atoms. The van der Waals surface area contributed by atoms with E-state index in [1.165, 1.54) is 11.8 Å². The largest absolute Gasteiger partial charge is 0.461 e. The molecule has 0 spiro atoms. The van der Waals surface area contributed by atoms with Crippen LogP contribution < -0.4 is 5.32 Å². The molecule has 0 aliphatic rings. The second kappa shape index (κ2) is 12.7. The van der Waals surface area contributed by atoms with Gasteiger partial charge in [0.15, 0.2) is 0 Å². The maximum atomic E-state index is 12.6. The van der Waals surface area contributed by atoms with Gasteiger partial charge < -0.3 is 14.8 Å². The predicted octanol–water partition coefficient (Wildman–Crippen LogP) is 0.850. The Bertz CT molecular complexity index is 722. The van der Waals surface area contributed by atoms with Crippen LogP contribution in [0.25, 0.3) is 0 Å². The summed E-state index contributed by atoms with van der Waals surface area (Å²) in [6.07, 6.45) is -2.65. The van der Waals surface area contributed by atoms with Gasteiger partial charge in [-0.05, 0) is 38.6 Å². The van der Waals surface area contributed by atoms with Gasteiger partial charge in [-0.2, -0.15) is 11.8 Å². The third-order valence-corrected chi connectivity index (χ3v) is 3.39. The number of amides is 1. The molecule has 8 nitrogen and oxygen atoms in total. The van der Waals surface area contributed by atoms with Gasteiger partial charge in [-0.1, -0.05) is 0 Å². The fourth-order valence-electron chi connectivity index (χ4n) is 1.60. The van der Waals surface area contributed by atoms with Crippen LogP contribution in [0, 0.1) is 5.53 Å². The number of thioether (sulfide) groups is 1. The van der Waals surface area contributed by atoms with Crippen LogP contribution in [-0.4, -0.2) is 66.0 Å². The van der Waals surface area contributed by atoms with E-state index < -0.39 is 69.5 Å². The Kier molecular flexibility index (Phi) is 5.83. The Labute approximate surface area is 158 Å². The van der Waals surface area contributed by atoms with E-state index in [-0.39, 0.29) is 6.42 Å². The van der Waals surface area contributed by atoms with Crippen molar-refractivity contribution < 1.29 is 41.0 Å². The van der Waals surface area contributed by atoms with Gasteiger partial charge >= 0.3 is 12.2 Å². The van der Waals surface area contributed by atoms with Gasteiger partial charge in [0, 0.05) is 21.7 Å². The van der Waals surface area contributed by atoms with Crippen molar-refractivity contribution in [3.8, 4) is 0 Å². The molecule has 0 aromatic carbocycles. The van der Waals surface area contributed by atoms with E-state index in [1.54, 1.807) is 6.26 Å². The number of nitrogens with zero attached hydrogens (tertiary/aromatic N) is 1. The Hall–Kier alpha value is -1.70. The molecule has 2 atom stereocenters. The zero-order valence-corrected chi connectivity index (χ0v) is 13.9. The predicted molar refractivity (Wildman–Crippen MR) is 90.2 cm³/mol. The normalized spacial score (nSPS) is 20.0. The fourth-order valence-corrected chi connectivity index (χ4v) is 2.05. The van der Waals surface area contributed by atoms with E-state index in [0.29, 0.717) is 12.0 Å². The van der Waals surface area contributed by atoms with Crippen LogP contribution in [0.5, 0.6) is 0 Å². The van der Waals surface area contributed by atoms with Gasteiger partial charge in [0.1, 0.15) is 12.1 Å². The van der Waals surface area contributed by atoms with E-state index in [9.17, 15) is 14.4 Å². The topological polar surface area (TPSA) is 120 Å². The summed E-state index contributed by atoms with van der Waals surface area (Å²) in [5.74, 6) is -2.89. The summed E-state index contributed by atoms with van der Waals surface area (Å²) in [6.45, 7) is -6.43. The van der Waals surface area contributed by atoms with E-state index >= 15 is 0 Å². The lowest BCUT2D eigenvalue weighted by molar-refractivity contribution is -0.152. The lowest BCUT2D eigenvalue weighted by atomic mass is 10.1. The lowest BCUT2D eigenvalue weighted by Crippen LogP contribution is -2.47. The molecule has 136 valence electrons. The van der Waals surface area contributed by atoms with Crippen LogP contribution in [0.3, 0.4) is 0 Å². The highest BCUT2D eigenvalue weighted by molar-refractivity contribution is 7.98. The Morgan fingerprint density at radius 2 is 2.12 bits per heavy atom. The first-order valence-corrected chi connectivity index (χ1v) is 8.22. The Balaban J connectivity index is 5.78. The van der Waals surface area contributed by atoms with E-state index in [0.717, 1.165) is 0 Å². The van der Waals surface area contributed by atoms with E-state index in [4.69, 9.17) is 22.6 Å². The molecule has 0 bridgehead atoms. The molecule has 0 saturated carbocycles. The molecule has 0 heterocycles. The number of ether oxygens (including phenoxy) is 2. The zero-order valence-electron chi connectivity index (χ0n) is 22.0. The monoisotopic (exact) mass is 369 g/mol. The van der Waals surface area contributed by atoms with E-state index in [2.05, 4.69) is 14.8 Å². The first-order chi connectivity index (χ1) is 14.9. The molecule has 0 unspecified atom stereocenters. The van der Waals surface area contributed by atoms with Crippen LogP contribution in [-0.2, 0) is 23.9 Å². The summed E-state index contributed by atoms with van der Waals surface area (Å²) in [7, 11) is -2.94. The van der Waals surface area contributed by atoms with Gasteiger partial charge in [-0.25, -0.2) is 4.79 Å². The fraction of sp³-hybridized carbons (Fsp3) is 0.733. The van der Waals surface area contributed by atoms with Gasteiger partial charge in [0.05, 0.1) is 20.5 Å². The summed E-state index contributed by atoms with van der Waals surface area (Å²) in [4.78, 5) is 39.6. The van der Waals surface area contributed by atoms with Gasteiger partial charge in [0.2, 0.25) is 11.7 Å². The second-order valence-corrected chi connectivity index (χ2v) is 5.51. The van der Waals surface area contributed by atoms with Gasteiger partial charge in [-0.3, -0.25) is 9.59 Å². The van der Waals surface area contributed by atoms with Crippen molar-refractivity contribution in [1.29, 1.82) is 5.53 Å². The minimum atomic E-state index is -3.21. The minimum Gasteiger partial charge on any atom is -0.461 e. The van der Waals surface area contributed by atoms with Crippen molar-refractivity contribution in [2.45, 2.75) is 51.2 Å². The molecular weight excluding hydrogens is 334 g/mol. The highest BCUT2D eigenvalue weighted by Crippen LogP contribution is 2.07. The smallest absolute Gasteiger partial charge is 0.372 e. The number of Topliss-reactive ketones (excluding diaryl/α,β-unsaturated/α-hetero) is 1. The number of nitrogens with one attached hydrogen (secondary N) is 2. The van der Waals surface area contributed by atoms with Crippen molar-refractivity contribution in [2.75, 3.05) is 19.0 Å². The number of hydrogen-bond donors (Lipinski definition) is 2. The molecule has 0 rings (SSSR count). The van der Waals surface area contributed by atoms with E-state index in [1.807, 2.05) is 0 Å². The number of carbonyl (C=O) groups excluding carboxylic acids is 3. The highest BCUT2D eigenvalue weighted by atomic mass is 32.2. The van der Waals surface area contributed by atoms with Crippen LogP contribution >= 0.6 is 11.8 Å². The van der Waals surface area contributed by atoms with Crippen LogP contribution in [0.1, 0.15) is 45.3 Å². The summed E-state index contributed by atoms with van der Waals surface area (Å²) in [5.41, 5.74) is 6.64. The molecule has 2 N–H and O–H groups in total. The maximum absolute atomic E-state index is 12.6. The average Bonchev–Trinajstić information content (AvgIpc) is 2.63. The van der Waals surface area contributed by atoms with Gasteiger partial charge in [-0.15, -0.1) is 0 Å². The number of rotatable bonds is 12. The maximum Gasteiger partial charge on any atom is 0.372 e. The summed E-state index contributed by atoms with van der Waals surface area (Å²) < 4.78 is 75.0. The number of hydrogen-bond acceptors (Lipinski definition) is 7. The summed E-state index contributed by atoms with van der Waals surface area (Å²) in [6, 6.07) is -1.70. The minimum absolute atomic E-state index is 0.0508. The Morgan fingerprint density at radius 3 is 2.71 bits per heavy atom. The molecule has 0 radical (unpaired) electrons. The number of esters is 1. The highest BCUT2D eigenvalue weighted by Gasteiger charge is 2.27. The lowest BCUT2D eigenvalue weighted by Gasteiger charge is -2.21. The SMILES string of the molecule is [2H]C([2H])([2H])O[C@@H](CCSC)C(=O)N[C@@H](CCC(=O)C=[N+]=N)C(=O)OC(C([2H])([2H])[2H])C([2H])([2H])[2H]. The van der Waals surface area contributed by atoms with Crippen molar-refractivity contribution in [3.63, 3.8) is 0 Å². The summed E-state index contributed by atoms with van der Waals surface area (Å²) in [5, 5.41) is 2.15. The van der Waals surface area contributed by atoms with Crippen LogP contribution in [0.2, 0.25) is 0 Å². The number of ketones is 1. The molecule has 0 aliphatic carbocycles. The molecule has 9 heteroatoms. The number of carbonyl (C=O) groups is 3. The third kappa shape index (κ3) is 9.44. The van der Waals surface area contributed by atoms with Gasteiger partial charge in [0.25, 0.3) is 0 Å². The first kappa shape index (κ1) is 11.0. The van der Waals surface area contributed by atoms with Crippen molar-refractivity contribution in [1.82, 2.24) is 5.32 Å². The van der Waals surface area contributed by atoms with Crippen molar-refractivity contribution >= 4 is 35.6 Å². The standard InChI is InChI=1S/C15H25N3O5S/c1-10(2)23-15(21)12(6-5-11(19)9-17-16)18-14(20)13(22-3)7-8-24-4/h9-10,12-13,16H,5-8H2,1-4H3/p+1/t12-,13-/m0/s1/i1D3,2D3,3D3. The molecule has 0 saturated heterocycles. The first-order valence-electron chi connectivity index (χ1n) is 11.3. The number of methoxy groups -OCH3 is 1. The zero-order chi connectivity index (χ0) is 26.0. The van der Waals surface area contributed by atoms with Crippen molar-refractivity contribution in [2.24, 2.45) is 0 Å². The quantitative estimate of drug-likeness (QED) is 0.228. The molecule has 0 aromatic rings. The third-order valence-electron chi connectivity index (χ3n) is 2.74. The van der Waals surface area contributed by atoms with Crippen molar-refractivity contribution in [3.05, 3.63) is 0 Å². The Morgan fingerprint density at radius 1 is 1.38 bits per heavy atom. The summed E-state index contributed by atoms with van der Waals surface area (Å²) >= 11 is 1.29. The molecule has 1 amide bonds. The molecule has 0 fully saturated rings. The average molecular weight is 370 g/mol. The van der Waals surface area contributed by atoms with Crippen LogP contribution in [0.4, 0.5) is 0 Å².